The van der Waals surface area contributed by atoms with E-state index in [0.717, 1.165) is 29.0 Å². The fourth-order valence-electron chi connectivity index (χ4n) is 3.25. The van der Waals surface area contributed by atoms with Gasteiger partial charge in [0.2, 0.25) is 0 Å². The molecule has 1 aromatic heterocycles. The molecule has 5 heteroatoms. The average molecular weight is 385 g/mol. The molecule has 0 bridgehead atoms. The molecule has 4 rings (SSSR count). The van der Waals surface area contributed by atoms with Crippen LogP contribution in [0, 0.1) is 0 Å². The summed E-state index contributed by atoms with van der Waals surface area (Å²) in [4.78, 5) is 4.85. The minimum absolute atomic E-state index is 0.523. The van der Waals surface area contributed by atoms with E-state index in [1.165, 1.54) is 16.7 Å². The molecule has 0 fully saturated rings. The predicted octanol–water partition coefficient (Wildman–Crippen LogP) is 6.13. The van der Waals surface area contributed by atoms with Crippen LogP contribution in [-0.4, -0.2) is 16.7 Å². The number of methoxy groups -OCH3 is 1. The molecule has 0 radical (unpaired) electrons. The summed E-state index contributed by atoms with van der Waals surface area (Å²) in [5.74, 6) is 1.81. The third kappa shape index (κ3) is 3.13. The summed E-state index contributed by atoms with van der Waals surface area (Å²) in [5.41, 5.74) is 5.54. The Morgan fingerprint density at radius 2 is 1.81 bits per heavy atom. The molecule has 0 amide bonds. The minimum Gasteiger partial charge on any atom is -0.497 e. The van der Waals surface area contributed by atoms with E-state index in [2.05, 4.69) is 35.8 Å². The number of allylic oxidation sites excluding steroid dienone is 4. The number of halogens is 2. The fourth-order valence-corrected chi connectivity index (χ4v) is 3.57. The van der Waals surface area contributed by atoms with Crippen molar-refractivity contribution < 1.29 is 4.74 Å². The lowest BCUT2D eigenvalue weighted by Crippen LogP contribution is -2.04. The molecular formula is C21H18Cl2N2O. The number of imidazole rings is 1. The summed E-state index contributed by atoms with van der Waals surface area (Å²) in [7, 11) is 1.67. The smallest absolute Gasteiger partial charge is 0.137 e. The Labute approximate surface area is 162 Å². The van der Waals surface area contributed by atoms with Crippen molar-refractivity contribution in [1.29, 1.82) is 0 Å². The first-order valence-electron chi connectivity index (χ1n) is 8.40. The molecule has 2 aromatic carbocycles. The fraction of sp³-hybridized carbons (Fsp3) is 0.190. The van der Waals surface area contributed by atoms with Crippen molar-refractivity contribution in [2.75, 3.05) is 7.11 Å². The van der Waals surface area contributed by atoms with Gasteiger partial charge in [-0.3, -0.25) is 0 Å². The van der Waals surface area contributed by atoms with E-state index in [9.17, 15) is 0 Å². The summed E-state index contributed by atoms with van der Waals surface area (Å²) >= 11 is 12.5. The van der Waals surface area contributed by atoms with Crippen LogP contribution in [0.25, 0.3) is 16.6 Å². The Morgan fingerprint density at radius 1 is 1.08 bits per heavy atom. The second-order valence-electron chi connectivity index (χ2n) is 6.51. The van der Waals surface area contributed by atoms with Gasteiger partial charge in [-0.15, -0.1) is 0 Å². The van der Waals surface area contributed by atoms with Gasteiger partial charge in [-0.05, 0) is 48.7 Å². The average Bonchev–Trinajstić information content (AvgIpc) is 3.20. The number of hydrogen-bond acceptors (Lipinski definition) is 2. The van der Waals surface area contributed by atoms with Crippen LogP contribution in [0.2, 0.25) is 10.0 Å². The van der Waals surface area contributed by atoms with Gasteiger partial charge < -0.3 is 9.30 Å². The lowest BCUT2D eigenvalue weighted by Gasteiger charge is -2.11. The van der Waals surface area contributed by atoms with Gasteiger partial charge in [0.1, 0.15) is 11.6 Å². The number of aromatic nitrogens is 2. The van der Waals surface area contributed by atoms with E-state index in [4.69, 9.17) is 32.9 Å². The van der Waals surface area contributed by atoms with E-state index in [1.54, 1.807) is 7.11 Å². The van der Waals surface area contributed by atoms with E-state index in [1.807, 2.05) is 24.3 Å². The van der Waals surface area contributed by atoms with Crippen molar-refractivity contribution in [3.05, 3.63) is 75.6 Å². The second-order valence-corrected chi connectivity index (χ2v) is 7.32. The molecule has 1 aliphatic carbocycles. The number of nitrogens with zero attached hydrogens (tertiary/aromatic N) is 2. The quantitative estimate of drug-likeness (QED) is 0.540. The molecule has 0 saturated carbocycles. The van der Waals surface area contributed by atoms with Crippen LogP contribution in [0.1, 0.15) is 24.7 Å². The Kier molecular flexibility index (Phi) is 4.51. The first kappa shape index (κ1) is 17.2. The molecule has 0 spiro atoms. The zero-order valence-corrected chi connectivity index (χ0v) is 16.1. The Morgan fingerprint density at radius 3 is 2.46 bits per heavy atom. The Hall–Kier alpha value is -2.23. The zero-order chi connectivity index (χ0) is 18.3. The van der Waals surface area contributed by atoms with Crippen molar-refractivity contribution in [2.24, 2.45) is 0 Å². The molecule has 0 saturated heterocycles. The van der Waals surface area contributed by atoms with E-state index in [-0.39, 0.29) is 0 Å². The molecule has 3 aromatic rings. The van der Waals surface area contributed by atoms with Crippen LogP contribution < -0.4 is 4.74 Å². The summed E-state index contributed by atoms with van der Waals surface area (Å²) in [6, 6.07) is 11.8. The molecule has 132 valence electrons. The number of hydrogen-bond donors (Lipinski definition) is 0. The Balaban J connectivity index is 1.82. The van der Waals surface area contributed by atoms with Gasteiger partial charge in [-0.25, -0.2) is 4.98 Å². The predicted molar refractivity (Wildman–Crippen MR) is 108 cm³/mol. The Bertz CT molecular complexity index is 1050. The maximum atomic E-state index is 6.28. The van der Waals surface area contributed by atoms with E-state index >= 15 is 0 Å². The van der Waals surface area contributed by atoms with Crippen LogP contribution in [0.3, 0.4) is 0 Å². The van der Waals surface area contributed by atoms with Gasteiger partial charge in [0.05, 0.1) is 28.2 Å². The molecule has 0 atom stereocenters. The van der Waals surface area contributed by atoms with Crippen LogP contribution in [0.15, 0.2) is 54.1 Å². The van der Waals surface area contributed by atoms with Crippen LogP contribution in [-0.2, 0) is 6.54 Å². The van der Waals surface area contributed by atoms with E-state index in [0.29, 0.717) is 16.6 Å². The van der Waals surface area contributed by atoms with Gasteiger partial charge in [0, 0.05) is 6.54 Å². The number of benzene rings is 2. The van der Waals surface area contributed by atoms with Gasteiger partial charge in [-0.2, -0.15) is 0 Å². The third-order valence-electron chi connectivity index (χ3n) is 4.62. The maximum Gasteiger partial charge on any atom is 0.137 e. The summed E-state index contributed by atoms with van der Waals surface area (Å²) < 4.78 is 7.46. The van der Waals surface area contributed by atoms with Crippen molar-refractivity contribution in [1.82, 2.24) is 9.55 Å². The van der Waals surface area contributed by atoms with Crippen molar-refractivity contribution in [3.63, 3.8) is 0 Å². The van der Waals surface area contributed by atoms with Crippen LogP contribution in [0.4, 0.5) is 0 Å². The van der Waals surface area contributed by atoms with Crippen molar-refractivity contribution in [2.45, 2.75) is 19.9 Å². The molecule has 0 unspecified atom stereocenters. The monoisotopic (exact) mass is 384 g/mol. The largest absolute Gasteiger partial charge is 0.497 e. The van der Waals surface area contributed by atoms with Gasteiger partial charge >= 0.3 is 0 Å². The van der Waals surface area contributed by atoms with Gasteiger partial charge in [-0.1, -0.05) is 53.1 Å². The highest BCUT2D eigenvalue weighted by atomic mass is 35.5. The second kappa shape index (κ2) is 6.82. The topological polar surface area (TPSA) is 27.1 Å². The van der Waals surface area contributed by atoms with Crippen molar-refractivity contribution >= 4 is 39.8 Å². The van der Waals surface area contributed by atoms with Gasteiger partial charge in [0.15, 0.2) is 0 Å². The van der Waals surface area contributed by atoms with Crippen LogP contribution >= 0.6 is 23.2 Å². The normalized spacial score (nSPS) is 13.8. The zero-order valence-electron chi connectivity index (χ0n) is 14.6. The number of rotatable bonds is 4. The molecule has 1 aliphatic rings. The molecule has 26 heavy (non-hydrogen) atoms. The SMILES string of the molecule is COc1ccc(Cn2c(C3=CC=C(C)C3)nc3cc(Cl)c(Cl)cc32)cc1. The lowest BCUT2D eigenvalue weighted by atomic mass is 10.1. The van der Waals surface area contributed by atoms with Gasteiger partial charge in [0.25, 0.3) is 0 Å². The summed E-state index contributed by atoms with van der Waals surface area (Å²) in [6.07, 6.45) is 5.20. The standard InChI is InChI=1S/C21H18Cl2N2O/c1-13-3-6-15(9-13)21-24-19-10-17(22)18(23)11-20(19)25(21)12-14-4-7-16(26-2)8-5-14/h3-8,10-11H,9,12H2,1-2H3. The number of ether oxygens (including phenoxy) is 1. The highest BCUT2D eigenvalue weighted by Crippen LogP contribution is 2.34. The molecular weight excluding hydrogens is 367 g/mol. The molecule has 0 aliphatic heterocycles. The van der Waals surface area contributed by atoms with E-state index < -0.39 is 0 Å². The first-order valence-corrected chi connectivity index (χ1v) is 9.15. The summed E-state index contributed by atoms with van der Waals surface area (Å²) in [5, 5.41) is 1.06. The lowest BCUT2D eigenvalue weighted by molar-refractivity contribution is 0.414. The highest BCUT2D eigenvalue weighted by molar-refractivity contribution is 6.42. The first-order chi connectivity index (χ1) is 12.5. The maximum absolute atomic E-state index is 6.28. The molecule has 0 N–H and O–H groups in total. The van der Waals surface area contributed by atoms with Crippen LogP contribution in [0.5, 0.6) is 5.75 Å². The van der Waals surface area contributed by atoms with Crippen molar-refractivity contribution in [3.8, 4) is 5.75 Å². The summed E-state index contributed by atoms with van der Waals surface area (Å²) in [6.45, 7) is 2.83. The molecule has 1 heterocycles. The molecule has 3 nitrogen and oxygen atoms in total. The number of fused-ring (bicyclic) bond motifs is 1. The third-order valence-corrected chi connectivity index (χ3v) is 5.34. The minimum atomic E-state index is 0.523. The highest BCUT2D eigenvalue weighted by Gasteiger charge is 2.18.